The van der Waals surface area contributed by atoms with E-state index in [-0.39, 0.29) is 5.92 Å². The van der Waals surface area contributed by atoms with Gasteiger partial charge in [0.25, 0.3) is 5.56 Å². The molecule has 14 heavy (non-hydrogen) atoms. The Morgan fingerprint density at radius 2 is 1.93 bits per heavy atom. The Balaban J connectivity index is 3.36. The predicted octanol–water partition coefficient (Wildman–Crippen LogP) is 2.60. The molecule has 0 aliphatic heterocycles. The maximum absolute atomic E-state index is 13.1. The fraction of sp³-hybridized carbons (Fsp3) is 0.500. The van der Waals surface area contributed by atoms with Gasteiger partial charge in [0.2, 0.25) is 0 Å². The van der Waals surface area contributed by atoms with E-state index in [4.69, 9.17) is 0 Å². The Morgan fingerprint density at radius 1 is 1.36 bits per heavy atom. The van der Waals surface area contributed by atoms with Crippen LogP contribution in [-0.4, -0.2) is 4.57 Å². The maximum atomic E-state index is 13.1. The lowest BCUT2D eigenvalue weighted by Gasteiger charge is -2.11. The molecule has 0 aliphatic rings. The molecule has 1 aromatic rings. The Hall–Kier alpha value is -1.19. The van der Waals surface area contributed by atoms with E-state index in [9.17, 15) is 13.6 Å². The van der Waals surface area contributed by atoms with Gasteiger partial charge in [-0.1, -0.05) is 13.8 Å². The Morgan fingerprint density at radius 3 is 2.36 bits per heavy atom. The average Bonchev–Trinajstić information content (AvgIpc) is 2.08. The van der Waals surface area contributed by atoms with Crippen molar-refractivity contribution in [3.05, 3.63) is 34.0 Å². The standard InChI is InChI=1S/C10H13F2NO/c1-6(2)8-4-9(12)10(14)13(5-8)7(3)11/h4-7H,1-3H3. The van der Waals surface area contributed by atoms with E-state index in [0.29, 0.717) is 5.56 Å². The zero-order chi connectivity index (χ0) is 10.9. The van der Waals surface area contributed by atoms with Crippen molar-refractivity contribution in [2.45, 2.75) is 33.0 Å². The molecule has 1 aromatic heterocycles. The van der Waals surface area contributed by atoms with Crippen molar-refractivity contribution >= 4 is 0 Å². The third-order valence-electron chi connectivity index (χ3n) is 2.07. The summed E-state index contributed by atoms with van der Waals surface area (Å²) in [5, 5.41) is 0. The van der Waals surface area contributed by atoms with Crippen LogP contribution in [0.4, 0.5) is 8.78 Å². The first-order valence-corrected chi connectivity index (χ1v) is 4.49. The van der Waals surface area contributed by atoms with Crippen LogP contribution < -0.4 is 5.56 Å². The molecule has 1 atom stereocenters. The molecule has 0 saturated heterocycles. The molecule has 2 nitrogen and oxygen atoms in total. The van der Waals surface area contributed by atoms with E-state index in [1.54, 1.807) is 0 Å². The smallest absolute Gasteiger partial charge is 0.282 e. The molecule has 0 N–H and O–H groups in total. The van der Waals surface area contributed by atoms with Gasteiger partial charge < -0.3 is 0 Å². The molecule has 1 heterocycles. The second-order valence-corrected chi connectivity index (χ2v) is 3.56. The number of rotatable bonds is 2. The van der Waals surface area contributed by atoms with Crippen molar-refractivity contribution in [2.75, 3.05) is 0 Å². The van der Waals surface area contributed by atoms with E-state index in [2.05, 4.69) is 0 Å². The van der Waals surface area contributed by atoms with Crippen LogP contribution in [-0.2, 0) is 0 Å². The second-order valence-electron chi connectivity index (χ2n) is 3.56. The van der Waals surface area contributed by atoms with Crippen LogP contribution in [0.3, 0.4) is 0 Å². The average molecular weight is 201 g/mol. The summed E-state index contributed by atoms with van der Waals surface area (Å²) >= 11 is 0. The van der Waals surface area contributed by atoms with E-state index >= 15 is 0 Å². The summed E-state index contributed by atoms with van der Waals surface area (Å²) in [7, 11) is 0. The van der Waals surface area contributed by atoms with Crippen molar-refractivity contribution in [3.8, 4) is 0 Å². The monoisotopic (exact) mass is 201 g/mol. The quantitative estimate of drug-likeness (QED) is 0.720. The molecule has 1 rings (SSSR count). The zero-order valence-corrected chi connectivity index (χ0v) is 8.42. The highest BCUT2D eigenvalue weighted by Gasteiger charge is 2.11. The highest BCUT2D eigenvalue weighted by molar-refractivity contribution is 5.15. The first kappa shape index (κ1) is 10.9. The summed E-state index contributed by atoms with van der Waals surface area (Å²) < 4.78 is 26.7. The van der Waals surface area contributed by atoms with E-state index in [1.807, 2.05) is 13.8 Å². The third-order valence-corrected chi connectivity index (χ3v) is 2.07. The van der Waals surface area contributed by atoms with E-state index in [0.717, 1.165) is 10.6 Å². The van der Waals surface area contributed by atoms with Crippen molar-refractivity contribution < 1.29 is 8.78 Å². The fourth-order valence-electron chi connectivity index (χ4n) is 1.17. The van der Waals surface area contributed by atoms with Gasteiger partial charge in [0, 0.05) is 6.20 Å². The summed E-state index contributed by atoms with van der Waals surface area (Å²) in [6, 6.07) is 1.16. The molecule has 0 radical (unpaired) electrons. The summed E-state index contributed by atoms with van der Waals surface area (Å²) in [4.78, 5) is 11.1. The molecular formula is C10H13F2NO. The van der Waals surface area contributed by atoms with Crippen LogP contribution >= 0.6 is 0 Å². The fourth-order valence-corrected chi connectivity index (χ4v) is 1.17. The number of aromatic nitrogens is 1. The summed E-state index contributed by atoms with van der Waals surface area (Å²) in [5.41, 5.74) is -0.295. The molecule has 4 heteroatoms. The van der Waals surface area contributed by atoms with Gasteiger partial charge in [-0.3, -0.25) is 9.36 Å². The lowest BCUT2D eigenvalue weighted by Crippen LogP contribution is -2.24. The van der Waals surface area contributed by atoms with Crippen LogP contribution in [0.2, 0.25) is 0 Å². The molecule has 0 saturated carbocycles. The van der Waals surface area contributed by atoms with Crippen LogP contribution in [0.25, 0.3) is 0 Å². The number of alkyl halides is 1. The number of halogens is 2. The van der Waals surface area contributed by atoms with Crippen molar-refractivity contribution in [1.82, 2.24) is 4.57 Å². The summed E-state index contributed by atoms with van der Waals surface area (Å²) in [6.07, 6.45) is -0.142. The maximum Gasteiger partial charge on any atom is 0.288 e. The van der Waals surface area contributed by atoms with Gasteiger partial charge in [0.1, 0.15) is 0 Å². The minimum Gasteiger partial charge on any atom is -0.282 e. The zero-order valence-electron chi connectivity index (χ0n) is 8.42. The Bertz CT molecular complexity index is 382. The first-order chi connectivity index (χ1) is 6.43. The van der Waals surface area contributed by atoms with Crippen LogP contribution in [0.15, 0.2) is 17.1 Å². The minimum absolute atomic E-state index is 0.0649. The molecular weight excluding hydrogens is 188 g/mol. The van der Waals surface area contributed by atoms with Crippen LogP contribution in [0, 0.1) is 5.82 Å². The van der Waals surface area contributed by atoms with Gasteiger partial charge in [0.05, 0.1) is 0 Å². The van der Waals surface area contributed by atoms with Crippen molar-refractivity contribution in [2.24, 2.45) is 0 Å². The molecule has 0 aromatic carbocycles. The van der Waals surface area contributed by atoms with Crippen molar-refractivity contribution in [3.63, 3.8) is 0 Å². The SMILES string of the molecule is CC(C)c1cc(F)c(=O)n(C(C)F)c1. The third kappa shape index (κ3) is 2.00. The summed E-state index contributed by atoms with van der Waals surface area (Å²) in [5.74, 6) is -0.837. The van der Waals surface area contributed by atoms with Gasteiger partial charge in [-0.2, -0.15) is 0 Å². The molecule has 0 bridgehead atoms. The highest BCUT2D eigenvalue weighted by Crippen LogP contribution is 2.15. The normalized spacial score (nSPS) is 13.3. The number of hydrogen-bond acceptors (Lipinski definition) is 1. The topological polar surface area (TPSA) is 22.0 Å². The van der Waals surface area contributed by atoms with Gasteiger partial charge in [0.15, 0.2) is 12.1 Å². The molecule has 0 aliphatic carbocycles. The predicted molar refractivity (Wildman–Crippen MR) is 50.6 cm³/mol. The van der Waals surface area contributed by atoms with E-state index in [1.165, 1.54) is 13.1 Å². The molecule has 0 spiro atoms. The van der Waals surface area contributed by atoms with Gasteiger partial charge >= 0.3 is 0 Å². The van der Waals surface area contributed by atoms with Crippen molar-refractivity contribution in [1.29, 1.82) is 0 Å². The largest absolute Gasteiger partial charge is 0.288 e. The lowest BCUT2D eigenvalue weighted by atomic mass is 10.1. The molecule has 0 fully saturated rings. The Kier molecular flexibility index (Phi) is 3.03. The second kappa shape index (κ2) is 3.90. The van der Waals surface area contributed by atoms with Gasteiger partial charge in [-0.05, 0) is 24.5 Å². The summed E-state index contributed by atoms with van der Waals surface area (Å²) in [6.45, 7) is 4.91. The highest BCUT2D eigenvalue weighted by atomic mass is 19.1. The molecule has 1 unspecified atom stereocenters. The molecule has 78 valence electrons. The minimum atomic E-state index is -1.50. The van der Waals surface area contributed by atoms with Gasteiger partial charge in [-0.15, -0.1) is 0 Å². The van der Waals surface area contributed by atoms with Gasteiger partial charge in [-0.25, -0.2) is 8.78 Å². The van der Waals surface area contributed by atoms with Crippen LogP contribution in [0.1, 0.15) is 38.5 Å². The number of hydrogen-bond donors (Lipinski definition) is 0. The Labute approximate surface area is 81.2 Å². The first-order valence-electron chi connectivity index (χ1n) is 4.49. The number of pyridine rings is 1. The lowest BCUT2D eigenvalue weighted by molar-refractivity contribution is 0.256. The molecule has 0 amide bonds. The number of nitrogens with zero attached hydrogens (tertiary/aromatic N) is 1. The van der Waals surface area contributed by atoms with Crippen LogP contribution in [0.5, 0.6) is 0 Å². The van der Waals surface area contributed by atoms with E-state index < -0.39 is 17.7 Å².